The van der Waals surface area contributed by atoms with Crippen molar-refractivity contribution in [3.8, 4) is 5.75 Å². The number of aromatic nitrogens is 2. The average Bonchev–Trinajstić information content (AvgIpc) is 3.11. The van der Waals surface area contributed by atoms with Gasteiger partial charge in [-0.1, -0.05) is 11.8 Å². The smallest absolute Gasteiger partial charge is 0.243 e. The standard InChI is InChI=1S/C17H22N4O4S2/c1-19-8-7-18-17(19)26-13-16(22)20-9-11-21(12-10-20)27(23,24)15-5-3-14(25-2)4-6-15/h3-8H,9-13H2,1-2H3. The fourth-order valence-electron chi connectivity index (χ4n) is 2.78. The topological polar surface area (TPSA) is 84.7 Å². The van der Waals surface area contributed by atoms with Crippen molar-refractivity contribution in [1.29, 1.82) is 0 Å². The number of methoxy groups -OCH3 is 1. The fourth-order valence-corrected chi connectivity index (χ4v) is 5.04. The van der Waals surface area contributed by atoms with Crippen molar-refractivity contribution in [3.63, 3.8) is 0 Å². The van der Waals surface area contributed by atoms with E-state index in [2.05, 4.69) is 4.98 Å². The van der Waals surface area contributed by atoms with Crippen molar-refractivity contribution in [3.05, 3.63) is 36.7 Å². The molecule has 0 saturated carbocycles. The van der Waals surface area contributed by atoms with Crippen LogP contribution in [0.15, 0.2) is 46.7 Å². The summed E-state index contributed by atoms with van der Waals surface area (Å²) in [6, 6.07) is 6.33. The lowest BCUT2D eigenvalue weighted by Gasteiger charge is -2.34. The van der Waals surface area contributed by atoms with Crippen LogP contribution in [-0.4, -0.2) is 72.1 Å². The Morgan fingerprint density at radius 3 is 2.41 bits per heavy atom. The van der Waals surface area contributed by atoms with Gasteiger partial charge in [-0.2, -0.15) is 4.31 Å². The van der Waals surface area contributed by atoms with Gasteiger partial charge in [0.05, 0.1) is 17.8 Å². The number of hydrogen-bond acceptors (Lipinski definition) is 6. The van der Waals surface area contributed by atoms with Gasteiger partial charge in [-0.25, -0.2) is 13.4 Å². The first-order valence-electron chi connectivity index (χ1n) is 8.44. The number of carbonyl (C=O) groups excluding carboxylic acids is 1. The van der Waals surface area contributed by atoms with E-state index in [0.29, 0.717) is 18.8 Å². The van der Waals surface area contributed by atoms with Crippen molar-refractivity contribution in [2.24, 2.45) is 7.05 Å². The largest absolute Gasteiger partial charge is 0.497 e. The van der Waals surface area contributed by atoms with Gasteiger partial charge in [0.2, 0.25) is 15.9 Å². The third-order valence-electron chi connectivity index (χ3n) is 4.39. The molecule has 1 aromatic heterocycles. The van der Waals surface area contributed by atoms with Crippen LogP contribution in [0.25, 0.3) is 0 Å². The SMILES string of the molecule is COc1ccc(S(=O)(=O)N2CCN(C(=O)CSc3nccn3C)CC2)cc1. The molecule has 10 heteroatoms. The highest BCUT2D eigenvalue weighted by Gasteiger charge is 2.30. The quantitative estimate of drug-likeness (QED) is 0.662. The molecule has 2 aromatic rings. The number of carbonyl (C=O) groups is 1. The maximum absolute atomic E-state index is 12.7. The molecule has 0 radical (unpaired) electrons. The van der Waals surface area contributed by atoms with Crippen molar-refractivity contribution in [2.45, 2.75) is 10.1 Å². The number of benzene rings is 1. The third kappa shape index (κ3) is 4.45. The van der Waals surface area contributed by atoms with Crippen molar-refractivity contribution >= 4 is 27.7 Å². The molecule has 0 aliphatic carbocycles. The van der Waals surface area contributed by atoms with Crippen LogP contribution in [0.5, 0.6) is 5.75 Å². The summed E-state index contributed by atoms with van der Waals surface area (Å²) in [7, 11) is -0.157. The second kappa shape index (κ2) is 8.32. The van der Waals surface area contributed by atoms with E-state index in [1.54, 1.807) is 23.2 Å². The van der Waals surface area contributed by atoms with Crippen LogP contribution in [0.3, 0.4) is 0 Å². The van der Waals surface area contributed by atoms with Gasteiger partial charge in [0, 0.05) is 45.6 Å². The number of nitrogens with zero attached hydrogens (tertiary/aromatic N) is 4. The zero-order valence-corrected chi connectivity index (χ0v) is 16.9. The summed E-state index contributed by atoms with van der Waals surface area (Å²) in [6.07, 6.45) is 3.52. The first kappa shape index (κ1) is 19.7. The van der Waals surface area contributed by atoms with Gasteiger partial charge in [-0.3, -0.25) is 4.79 Å². The molecule has 1 aliphatic rings. The molecule has 1 saturated heterocycles. The van der Waals surface area contributed by atoms with Gasteiger partial charge in [0.15, 0.2) is 5.16 Å². The van der Waals surface area contributed by atoms with Crippen LogP contribution in [0.2, 0.25) is 0 Å². The van der Waals surface area contributed by atoms with Gasteiger partial charge in [-0.05, 0) is 24.3 Å². The molecule has 0 N–H and O–H groups in total. The van der Waals surface area contributed by atoms with E-state index in [1.807, 2.05) is 17.8 Å². The maximum atomic E-state index is 12.7. The van der Waals surface area contributed by atoms with Gasteiger partial charge in [0.25, 0.3) is 0 Å². The van der Waals surface area contributed by atoms with E-state index in [1.165, 1.54) is 35.3 Å². The second-order valence-electron chi connectivity index (χ2n) is 6.07. The van der Waals surface area contributed by atoms with Crippen LogP contribution in [-0.2, 0) is 21.9 Å². The first-order chi connectivity index (χ1) is 12.9. The number of amides is 1. The highest BCUT2D eigenvalue weighted by molar-refractivity contribution is 7.99. The molecule has 0 bridgehead atoms. The molecule has 0 atom stereocenters. The van der Waals surface area contributed by atoms with E-state index in [9.17, 15) is 13.2 Å². The maximum Gasteiger partial charge on any atom is 0.243 e. The molecule has 3 rings (SSSR count). The number of ether oxygens (including phenoxy) is 1. The van der Waals surface area contributed by atoms with E-state index in [-0.39, 0.29) is 29.6 Å². The number of imidazole rings is 1. The Bertz CT molecular complexity index is 888. The highest BCUT2D eigenvalue weighted by Crippen LogP contribution is 2.21. The summed E-state index contributed by atoms with van der Waals surface area (Å²) >= 11 is 1.38. The summed E-state index contributed by atoms with van der Waals surface area (Å²) in [5.74, 6) is 0.884. The molecule has 0 unspecified atom stereocenters. The van der Waals surface area contributed by atoms with E-state index in [4.69, 9.17) is 4.74 Å². The van der Waals surface area contributed by atoms with Crippen molar-refractivity contribution in [2.75, 3.05) is 39.0 Å². The zero-order valence-electron chi connectivity index (χ0n) is 15.2. The van der Waals surface area contributed by atoms with Crippen LogP contribution >= 0.6 is 11.8 Å². The van der Waals surface area contributed by atoms with Gasteiger partial charge in [-0.15, -0.1) is 0 Å². The molecule has 146 valence electrons. The molecule has 2 heterocycles. The zero-order chi connectivity index (χ0) is 19.4. The minimum Gasteiger partial charge on any atom is -0.497 e. The summed E-state index contributed by atoms with van der Waals surface area (Å²) in [5.41, 5.74) is 0. The van der Waals surface area contributed by atoms with Gasteiger partial charge >= 0.3 is 0 Å². The molecule has 1 amide bonds. The average molecular weight is 411 g/mol. The number of rotatable bonds is 6. The van der Waals surface area contributed by atoms with Gasteiger partial charge in [0.1, 0.15) is 5.75 Å². The van der Waals surface area contributed by atoms with E-state index >= 15 is 0 Å². The van der Waals surface area contributed by atoms with E-state index < -0.39 is 10.0 Å². The Morgan fingerprint density at radius 1 is 1.19 bits per heavy atom. The molecule has 8 nitrogen and oxygen atoms in total. The predicted molar refractivity (Wildman–Crippen MR) is 102 cm³/mol. The molecular formula is C17H22N4O4S2. The first-order valence-corrected chi connectivity index (χ1v) is 10.9. The summed E-state index contributed by atoms with van der Waals surface area (Å²) in [6.45, 7) is 1.34. The Labute approximate surface area is 163 Å². The Balaban J connectivity index is 1.55. The van der Waals surface area contributed by atoms with Crippen LogP contribution < -0.4 is 4.74 Å². The van der Waals surface area contributed by atoms with Crippen LogP contribution in [0.4, 0.5) is 0 Å². The molecule has 1 fully saturated rings. The lowest BCUT2D eigenvalue weighted by molar-refractivity contribution is -0.129. The second-order valence-corrected chi connectivity index (χ2v) is 8.95. The molecule has 27 heavy (non-hydrogen) atoms. The van der Waals surface area contributed by atoms with Crippen molar-refractivity contribution in [1.82, 2.24) is 18.8 Å². The minimum atomic E-state index is -3.57. The summed E-state index contributed by atoms with van der Waals surface area (Å²) in [4.78, 5) is 18.5. The monoisotopic (exact) mass is 410 g/mol. The van der Waals surface area contributed by atoms with Gasteiger partial charge < -0.3 is 14.2 Å². The third-order valence-corrected chi connectivity index (χ3v) is 7.35. The number of aryl methyl sites for hydroxylation is 1. The number of hydrogen-bond donors (Lipinski definition) is 0. The Kier molecular flexibility index (Phi) is 6.08. The molecule has 1 aromatic carbocycles. The molecule has 1 aliphatic heterocycles. The van der Waals surface area contributed by atoms with Crippen LogP contribution in [0.1, 0.15) is 0 Å². The molecular weight excluding hydrogens is 388 g/mol. The minimum absolute atomic E-state index is 0.00973. The summed E-state index contributed by atoms with van der Waals surface area (Å²) < 4.78 is 33.8. The Morgan fingerprint density at radius 2 is 1.85 bits per heavy atom. The number of thioether (sulfide) groups is 1. The number of piperazine rings is 1. The molecule has 0 spiro atoms. The van der Waals surface area contributed by atoms with E-state index in [0.717, 1.165) is 5.16 Å². The lowest BCUT2D eigenvalue weighted by Crippen LogP contribution is -2.50. The predicted octanol–water partition coefficient (Wildman–Crippen LogP) is 1.05. The summed E-state index contributed by atoms with van der Waals surface area (Å²) in [5, 5.41) is 0.782. The normalized spacial score (nSPS) is 15.7. The lowest BCUT2D eigenvalue weighted by atomic mass is 10.3. The van der Waals surface area contributed by atoms with Crippen molar-refractivity contribution < 1.29 is 17.9 Å². The Hall–Kier alpha value is -2.04. The number of sulfonamides is 1. The fraction of sp³-hybridized carbons (Fsp3) is 0.412. The van der Waals surface area contributed by atoms with Crippen LogP contribution in [0, 0.1) is 0 Å². The highest BCUT2D eigenvalue weighted by atomic mass is 32.2.